The minimum absolute atomic E-state index is 0.0260. The lowest BCUT2D eigenvalue weighted by molar-refractivity contribution is 0.409. The van der Waals surface area contributed by atoms with Crippen LogP contribution in [0.4, 0.5) is 5.82 Å². The fraction of sp³-hybridized carbons (Fsp3) is 0.100. The Bertz CT molecular complexity index is 525. The van der Waals surface area contributed by atoms with Gasteiger partial charge in [0.25, 0.3) is 0 Å². The second kappa shape index (κ2) is 3.94. The topological polar surface area (TPSA) is 81.5 Å². The van der Waals surface area contributed by atoms with Crippen LogP contribution in [0.2, 0.25) is 5.02 Å². The summed E-state index contributed by atoms with van der Waals surface area (Å²) in [5.41, 5.74) is 5.84. The molecule has 0 bridgehead atoms. The van der Waals surface area contributed by atoms with Gasteiger partial charge in [0, 0.05) is 12.1 Å². The number of anilines is 1. The lowest BCUT2D eigenvalue weighted by Crippen LogP contribution is -1.86. The number of ether oxygens (including phenoxy) is 1. The van der Waals surface area contributed by atoms with E-state index in [1.165, 1.54) is 19.2 Å². The molecule has 0 radical (unpaired) electrons. The third-order valence-electron chi connectivity index (χ3n) is 2.06. The Morgan fingerprint density at radius 3 is 2.75 bits per heavy atom. The van der Waals surface area contributed by atoms with Crippen molar-refractivity contribution in [1.82, 2.24) is 5.16 Å². The van der Waals surface area contributed by atoms with E-state index in [9.17, 15) is 5.11 Å². The molecule has 0 aliphatic carbocycles. The molecule has 2 aromatic rings. The van der Waals surface area contributed by atoms with E-state index in [4.69, 9.17) is 26.6 Å². The maximum Gasteiger partial charge on any atom is 0.172 e. The summed E-state index contributed by atoms with van der Waals surface area (Å²) in [6.45, 7) is 0. The molecule has 0 spiro atoms. The molecule has 2 rings (SSSR count). The fourth-order valence-electron chi connectivity index (χ4n) is 1.31. The maximum atomic E-state index is 9.71. The number of phenols is 1. The molecule has 0 aliphatic rings. The van der Waals surface area contributed by atoms with Gasteiger partial charge in [0.05, 0.1) is 17.7 Å². The highest BCUT2D eigenvalue weighted by atomic mass is 35.5. The zero-order valence-corrected chi connectivity index (χ0v) is 9.15. The highest BCUT2D eigenvalue weighted by Crippen LogP contribution is 2.38. The number of hydrogen-bond acceptors (Lipinski definition) is 5. The van der Waals surface area contributed by atoms with Crippen LogP contribution in [0.15, 0.2) is 22.7 Å². The molecule has 0 amide bonds. The van der Waals surface area contributed by atoms with Crippen LogP contribution >= 0.6 is 11.6 Å². The van der Waals surface area contributed by atoms with E-state index >= 15 is 0 Å². The Labute approximate surface area is 96.4 Å². The summed E-state index contributed by atoms with van der Waals surface area (Å²) in [6.07, 6.45) is 0. The van der Waals surface area contributed by atoms with Crippen molar-refractivity contribution in [2.45, 2.75) is 0 Å². The first-order valence-corrected chi connectivity index (χ1v) is 4.78. The van der Waals surface area contributed by atoms with Gasteiger partial charge < -0.3 is 20.1 Å². The van der Waals surface area contributed by atoms with E-state index < -0.39 is 0 Å². The van der Waals surface area contributed by atoms with Crippen LogP contribution < -0.4 is 10.5 Å². The van der Waals surface area contributed by atoms with Crippen LogP contribution in [0, 0.1) is 0 Å². The summed E-state index contributed by atoms with van der Waals surface area (Å²) < 4.78 is 9.97. The smallest absolute Gasteiger partial charge is 0.172 e. The average Bonchev–Trinajstić information content (AvgIpc) is 2.65. The Balaban J connectivity index is 2.56. The predicted molar refractivity (Wildman–Crippen MR) is 59.6 cm³/mol. The molecule has 6 heteroatoms. The minimum atomic E-state index is -0.0260. The number of nitrogen functional groups attached to an aromatic ring is 1. The Morgan fingerprint density at radius 1 is 1.44 bits per heavy atom. The number of aromatic nitrogens is 1. The van der Waals surface area contributed by atoms with Crippen molar-refractivity contribution >= 4 is 17.4 Å². The van der Waals surface area contributed by atoms with Gasteiger partial charge in [0.2, 0.25) is 0 Å². The molecule has 0 saturated heterocycles. The lowest BCUT2D eigenvalue weighted by atomic mass is 10.1. The zero-order valence-electron chi connectivity index (χ0n) is 8.40. The second-order valence-electron chi connectivity index (χ2n) is 3.12. The summed E-state index contributed by atoms with van der Waals surface area (Å²) in [7, 11) is 1.48. The van der Waals surface area contributed by atoms with E-state index in [2.05, 4.69) is 5.16 Å². The molecule has 16 heavy (non-hydrogen) atoms. The summed E-state index contributed by atoms with van der Waals surface area (Å²) in [4.78, 5) is 0. The van der Waals surface area contributed by atoms with E-state index in [1.807, 2.05) is 0 Å². The zero-order chi connectivity index (χ0) is 11.7. The number of benzene rings is 1. The quantitative estimate of drug-likeness (QED) is 0.842. The van der Waals surface area contributed by atoms with Crippen molar-refractivity contribution in [3.8, 4) is 22.8 Å². The van der Waals surface area contributed by atoms with Crippen LogP contribution in [0.1, 0.15) is 0 Å². The molecule has 5 nitrogen and oxygen atoms in total. The first-order valence-electron chi connectivity index (χ1n) is 4.41. The van der Waals surface area contributed by atoms with E-state index in [1.54, 1.807) is 6.07 Å². The Morgan fingerprint density at radius 2 is 2.19 bits per heavy atom. The predicted octanol–water partition coefficient (Wildman–Crippen LogP) is 2.29. The number of halogens is 1. The van der Waals surface area contributed by atoms with Crippen LogP contribution in [0.5, 0.6) is 11.5 Å². The summed E-state index contributed by atoms with van der Waals surface area (Å²) in [5.74, 6) is 1.000. The monoisotopic (exact) mass is 240 g/mol. The van der Waals surface area contributed by atoms with Crippen molar-refractivity contribution in [3.63, 3.8) is 0 Å². The molecule has 1 aromatic carbocycles. The van der Waals surface area contributed by atoms with Crippen molar-refractivity contribution < 1.29 is 14.4 Å². The first kappa shape index (κ1) is 10.6. The summed E-state index contributed by atoms with van der Waals surface area (Å²) in [6, 6.07) is 4.43. The molecule has 3 N–H and O–H groups in total. The summed E-state index contributed by atoms with van der Waals surface area (Å²) in [5, 5.41) is 13.6. The normalized spacial score (nSPS) is 10.4. The van der Waals surface area contributed by atoms with Crippen molar-refractivity contribution in [3.05, 3.63) is 23.2 Å². The number of nitrogens with two attached hydrogens (primary N) is 1. The molecular weight excluding hydrogens is 232 g/mol. The van der Waals surface area contributed by atoms with Crippen molar-refractivity contribution in [1.29, 1.82) is 0 Å². The van der Waals surface area contributed by atoms with Crippen LogP contribution in [0.3, 0.4) is 0 Å². The first-order chi connectivity index (χ1) is 7.61. The molecule has 0 unspecified atom stereocenters. The molecule has 0 fully saturated rings. The molecule has 1 aromatic heterocycles. The molecule has 1 heterocycles. The van der Waals surface area contributed by atoms with Gasteiger partial charge in [-0.05, 0) is 6.07 Å². The second-order valence-corrected chi connectivity index (χ2v) is 3.53. The highest BCUT2D eigenvalue weighted by Gasteiger charge is 2.14. The van der Waals surface area contributed by atoms with Crippen LogP contribution in [0.25, 0.3) is 11.3 Å². The van der Waals surface area contributed by atoms with E-state index in [-0.39, 0.29) is 11.6 Å². The number of rotatable bonds is 2. The molecule has 0 aliphatic heterocycles. The number of nitrogens with zero attached hydrogens (tertiary/aromatic N) is 1. The van der Waals surface area contributed by atoms with E-state index in [0.717, 1.165) is 0 Å². The standard InChI is InChI=1S/C10H9ClN2O3/c1-15-9-2-5(7(14)3-6(9)11)8-4-10(12)13-16-8/h2-4,14H,1H3,(H2,12,13). The number of phenolic OH excluding ortho intramolecular Hbond substituents is 1. The average molecular weight is 241 g/mol. The van der Waals surface area contributed by atoms with Crippen LogP contribution in [-0.4, -0.2) is 17.4 Å². The highest BCUT2D eigenvalue weighted by molar-refractivity contribution is 6.32. The van der Waals surface area contributed by atoms with Crippen LogP contribution in [-0.2, 0) is 0 Å². The van der Waals surface area contributed by atoms with Gasteiger partial charge in [0.1, 0.15) is 11.5 Å². The number of hydrogen-bond donors (Lipinski definition) is 2. The van der Waals surface area contributed by atoms with Crippen molar-refractivity contribution in [2.75, 3.05) is 12.8 Å². The molecule has 84 valence electrons. The van der Waals surface area contributed by atoms with Gasteiger partial charge in [-0.3, -0.25) is 0 Å². The third-order valence-corrected chi connectivity index (χ3v) is 2.36. The Kier molecular flexibility index (Phi) is 2.62. The number of aromatic hydroxyl groups is 1. The minimum Gasteiger partial charge on any atom is -0.507 e. The van der Waals surface area contributed by atoms with Gasteiger partial charge in [-0.25, -0.2) is 0 Å². The SMILES string of the molecule is COc1cc(-c2cc(N)no2)c(O)cc1Cl. The molecule has 0 atom stereocenters. The lowest BCUT2D eigenvalue weighted by Gasteiger charge is -2.06. The molecule has 0 saturated carbocycles. The fourth-order valence-corrected chi connectivity index (χ4v) is 1.55. The summed E-state index contributed by atoms with van der Waals surface area (Å²) >= 11 is 5.84. The van der Waals surface area contributed by atoms with Gasteiger partial charge in [-0.15, -0.1) is 0 Å². The Hall–Kier alpha value is -1.88. The largest absolute Gasteiger partial charge is 0.507 e. The van der Waals surface area contributed by atoms with Gasteiger partial charge in [-0.1, -0.05) is 16.8 Å². The van der Waals surface area contributed by atoms with E-state index in [0.29, 0.717) is 22.1 Å². The number of methoxy groups -OCH3 is 1. The van der Waals surface area contributed by atoms with Crippen molar-refractivity contribution in [2.24, 2.45) is 0 Å². The van der Waals surface area contributed by atoms with Gasteiger partial charge in [-0.2, -0.15) is 0 Å². The molecular formula is C10H9ClN2O3. The van der Waals surface area contributed by atoms with Gasteiger partial charge >= 0.3 is 0 Å². The third kappa shape index (κ3) is 1.77. The van der Waals surface area contributed by atoms with Gasteiger partial charge in [0.15, 0.2) is 11.6 Å². The maximum absolute atomic E-state index is 9.71.